The minimum absolute atomic E-state index is 0.000659. The Bertz CT molecular complexity index is 2220. The number of phenols is 1. The van der Waals surface area contributed by atoms with Crippen molar-refractivity contribution in [1.82, 2.24) is 4.90 Å². The number of aromatic hydroxyl groups is 1. The lowest BCUT2D eigenvalue weighted by Gasteiger charge is -2.59. The molecular formula is C47H53N3O10. The van der Waals surface area contributed by atoms with Crippen LogP contribution in [-0.2, 0) is 27.5 Å². The van der Waals surface area contributed by atoms with Crippen molar-refractivity contribution in [2.45, 2.75) is 75.8 Å². The molecule has 2 aliphatic carbocycles. The maximum absolute atomic E-state index is 14.4. The van der Waals surface area contributed by atoms with E-state index in [0.29, 0.717) is 29.9 Å². The van der Waals surface area contributed by atoms with Gasteiger partial charge in [-0.1, -0.05) is 72.6 Å². The van der Waals surface area contributed by atoms with Crippen LogP contribution in [0, 0.1) is 27.9 Å². The summed E-state index contributed by atoms with van der Waals surface area (Å²) in [6.45, 7) is 4.36. The largest absolute Gasteiger partial charge is 0.508 e. The van der Waals surface area contributed by atoms with Gasteiger partial charge >= 0.3 is 6.09 Å². The zero-order valence-corrected chi connectivity index (χ0v) is 33.9. The molecule has 0 spiro atoms. The molecule has 1 aliphatic heterocycles. The number of aliphatic hydroxyl groups is 2. The predicted octanol–water partition coefficient (Wildman–Crippen LogP) is 8.56. The second-order valence-electron chi connectivity index (χ2n) is 15.7. The first-order valence-corrected chi connectivity index (χ1v) is 20.7. The van der Waals surface area contributed by atoms with Crippen molar-refractivity contribution in [3.63, 3.8) is 0 Å². The van der Waals surface area contributed by atoms with Gasteiger partial charge in [0, 0.05) is 43.2 Å². The number of hydrogen-bond acceptors (Lipinski definition) is 11. The van der Waals surface area contributed by atoms with Crippen LogP contribution in [0.5, 0.6) is 11.5 Å². The third kappa shape index (κ3) is 8.61. The molecule has 3 N–H and O–H groups in total. The Morgan fingerprint density at radius 2 is 1.77 bits per heavy atom. The summed E-state index contributed by atoms with van der Waals surface area (Å²) in [5.74, 6) is -1.83. The Labute approximate surface area is 349 Å². The fourth-order valence-electron chi connectivity index (χ4n) is 9.59. The number of carbonyl (C=O) groups is 1. The Hall–Kier alpha value is -5.76. The van der Waals surface area contributed by atoms with Crippen LogP contribution in [-0.4, -0.2) is 75.7 Å². The van der Waals surface area contributed by atoms with Crippen molar-refractivity contribution in [3.8, 4) is 11.5 Å². The monoisotopic (exact) mass is 819 g/mol. The summed E-state index contributed by atoms with van der Waals surface area (Å²) < 4.78 is 19.8. The van der Waals surface area contributed by atoms with E-state index in [9.17, 15) is 30.2 Å². The molecule has 1 heterocycles. The van der Waals surface area contributed by atoms with Crippen LogP contribution in [0.3, 0.4) is 0 Å². The highest BCUT2D eigenvalue weighted by atomic mass is 16.7. The highest BCUT2D eigenvalue weighted by Crippen LogP contribution is 2.62. The van der Waals surface area contributed by atoms with Gasteiger partial charge in [-0.2, -0.15) is 0 Å². The van der Waals surface area contributed by atoms with Gasteiger partial charge in [0.25, 0.3) is 5.69 Å². The molecule has 0 aromatic heterocycles. The van der Waals surface area contributed by atoms with Crippen molar-refractivity contribution in [3.05, 3.63) is 136 Å². The number of rotatable bonds is 18. The van der Waals surface area contributed by atoms with Crippen LogP contribution >= 0.6 is 0 Å². The van der Waals surface area contributed by atoms with Crippen LogP contribution < -0.4 is 4.74 Å². The van der Waals surface area contributed by atoms with Crippen LogP contribution in [0.1, 0.15) is 67.6 Å². The van der Waals surface area contributed by atoms with Crippen molar-refractivity contribution >= 4 is 28.3 Å². The van der Waals surface area contributed by atoms with Gasteiger partial charge in [-0.15, -0.1) is 6.58 Å². The summed E-state index contributed by atoms with van der Waals surface area (Å²) in [7, 11) is 1.35. The normalized spacial score (nSPS) is 23.5. The Morgan fingerprint density at radius 1 is 1.02 bits per heavy atom. The van der Waals surface area contributed by atoms with Gasteiger partial charge in [-0.25, -0.2) is 4.79 Å². The number of fused-ring (bicyclic) bond motifs is 3. The van der Waals surface area contributed by atoms with E-state index in [4.69, 9.17) is 24.2 Å². The van der Waals surface area contributed by atoms with Crippen LogP contribution in [0.25, 0.3) is 10.8 Å². The van der Waals surface area contributed by atoms with Gasteiger partial charge in [-0.3, -0.25) is 15.0 Å². The number of oxime groups is 1. The summed E-state index contributed by atoms with van der Waals surface area (Å²) in [5, 5.41) is 48.9. The molecule has 1 saturated carbocycles. The van der Waals surface area contributed by atoms with E-state index >= 15 is 0 Å². The van der Waals surface area contributed by atoms with E-state index in [1.807, 2.05) is 42.5 Å². The van der Waals surface area contributed by atoms with Gasteiger partial charge in [0.15, 0.2) is 0 Å². The fourth-order valence-corrected chi connectivity index (χ4v) is 9.59. The molecule has 0 unspecified atom stereocenters. The molecule has 60 heavy (non-hydrogen) atoms. The second kappa shape index (κ2) is 19.1. The lowest BCUT2D eigenvalue weighted by Crippen LogP contribution is -2.70. The zero-order chi connectivity index (χ0) is 42.2. The number of ether oxygens (including phenoxy) is 3. The molecular weight excluding hydrogens is 767 g/mol. The van der Waals surface area contributed by atoms with E-state index in [-0.39, 0.29) is 68.6 Å². The number of non-ortho nitro benzene ring substituents is 1. The Kier molecular flexibility index (Phi) is 13.5. The van der Waals surface area contributed by atoms with Crippen LogP contribution in [0.4, 0.5) is 10.5 Å². The number of amides is 1. The summed E-state index contributed by atoms with van der Waals surface area (Å²) in [5.41, 5.74) is 3.75. The number of nitrogens with zero attached hydrogens (tertiary/aromatic N) is 3. The van der Waals surface area contributed by atoms with E-state index in [2.05, 4.69) is 12.7 Å². The molecule has 13 nitrogen and oxygen atoms in total. The highest BCUT2D eigenvalue weighted by Gasteiger charge is 2.65. The summed E-state index contributed by atoms with van der Waals surface area (Å²) in [6, 6.07) is 24.3. The van der Waals surface area contributed by atoms with Crippen LogP contribution in [0.15, 0.2) is 114 Å². The topological polar surface area (TPSA) is 173 Å². The second-order valence-corrected chi connectivity index (χ2v) is 15.7. The van der Waals surface area contributed by atoms with Crippen LogP contribution in [0.2, 0.25) is 0 Å². The van der Waals surface area contributed by atoms with Crippen molar-refractivity contribution < 1.29 is 44.1 Å². The number of benzene rings is 4. The molecule has 0 radical (unpaired) electrons. The molecule has 4 aromatic carbocycles. The number of nitro benzene ring substituents is 1. The SMILES string of the molecule is C=CCO[C@@]12Oc3ccc(O)cc3[C@H]3[C@H](CCCCO)[C@@H](CCCCO)C=C(C(=NOCc4ccc([N+](=O)[O-])cc4)C[C@@H]1N(Cc1cccc4ccccc14)C(=O)OC)[C@H]32. The molecule has 0 saturated heterocycles. The average Bonchev–Trinajstić information content (AvgIpc) is 3.26. The Morgan fingerprint density at radius 3 is 2.50 bits per heavy atom. The smallest absolute Gasteiger partial charge is 0.410 e. The molecule has 7 rings (SSSR count). The first-order valence-electron chi connectivity index (χ1n) is 20.7. The third-order valence-corrected chi connectivity index (χ3v) is 12.2. The molecule has 316 valence electrons. The van der Waals surface area contributed by atoms with Crippen molar-refractivity contribution in [2.24, 2.45) is 22.9 Å². The molecule has 3 aliphatic rings. The average molecular weight is 820 g/mol. The summed E-state index contributed by atoms with van der Waals surface area (Å²) in [4.78, 5) is 33.0. The first kappa shape index (κ1) is 42.4. The van der Waals surface area contributed by atoms with Crippen molar-refractivity contribution in [2.75, 3.05) is 26.9 Å². The minimum Gasteiger partial charge on any atom is -0.508 e. The molecule has 1 amide bonds. The first-order chi connectivity index (χ1) is 29.2. The highest BCUT2D eigenvalue weighted by molar-refractivity contribution is 6.03. The number of nitro groups is 1. The van der Waals surface area contributed by atoms with Crippen molar-refractivity contribution in [1.29, 1.82) is 0 Å². The van der Waals surface area contributed by atoms with Gasteiger partial charge in [0.2, 0.25) is 5.79 Å². The zero-order valence-electron chi connectivity index (χ0n) is 33.9. The summed E-state index contributed by atoms with van der Waals surface area (Å²) in [6.07, 6.45) is 7.71. The standard InChI is InChI=1S/C47H53N3O10/c1-3-25-58-47-43(49(46(54)57-2)29-34-14-10-13-32-11-4-5-15-37(32)34)28-41(48-59-30-31-17-19-35(20-18-31)50(55)56)39-26-33(12-6-8-23-51)38(16-7-9-24-52)44(45(39)47)40-27-36(53)21-22-42(40)60-47/h3-5,10-11,13-15,17-22,26-27,33,38,43-45,51-53H,1,6-9,12,16,23-25,28-30H2,2H3/t33-,38+,43-,44+,45+,47+/m0/s1. The summed E-state index contributed by atoms with van der Waals surface area (Å²) >= 11 is 0. The lowest BCUT2D eigenvalue weighted by molar-refractivity contribution is -0.384. The number of methoxy groups -OCH3 is 1. The number of carbonyl (C=O) groups excluding carboxylic acids is 1. The third-order valence-electron chi connectivity index (χ3n) is 12.2. The van der Waals surface area contributed by atoms with Gasteiger partial charge in [0.05, 0.1) is 36.8 Å². The maximum atomic E-state index is 14.4. The fraction of sp³-hybridized carbons (Fsp3) is 0.404. The van der Waals surface area contributed by atoms with E-state index < -0.39 is 28.8 Å². The minimum atomic E-state index is -1.52. The quantitative estimate of drug-likeness (QED) is 0.0382. The molecule has 0 bridgehead atoms. The molecule has 4 aromatic rings. The number of phenolic OH excluding ortho intramolecular Hbond substituents is 1. The van der Waals surface area contributed by atoms with E-state index in [1.54, 1.807) is 41.3 Å². The van der Waals surface area contributed by atoms with Gasteiger partial charge < -0.3 is 34.4 Å². The molecule has 6 atom stereocenters. The maximum Gasteiger partial charge on any atom is 0.410 e. The number of hydrogen-bond donors (Lipinski definition) is 3. The predicted molar refractivity (Wildman–Crippen MR) is 226 cm³/mol. The van der Waals surface area contributed by atoms with E-state index in [1.165, 1.54) is 19.2 Å². The Balaban J connectivity index is 1.43. The molecule has 13 heteroatoms. The van der Waals surface area contributed by atoms with Gasteiger partial charge in [-0.05, 0) is 95.3 Å². The lowest BCUT2D eigenvalue weighted by atomic mass is 9.55. The van der Waals surface area contributed by atoms with Gasteiger partial charge in [0.1, 0.15) is 24.1 Å². The number of unbranched alkanes of at least 4 members (excludes halogenated alkanes) is 2. The number of allylic oxidation sites excluding steroid dienone is 1. The molecule has 1 fully saturated rings. The van der Waals surface area contributed by atoms with E-state index in [0.717, 1.165) is 53.2 Å². The number of aliphatic hydroxyl groups excluding tert-OH is 2.